The molecule has 0 radical (unpaired) electrons. The summed E-state index contributed by atoms with van der Waals surface area (Å²) in [5.41, 5.74) is -1.07. The third-order valence-electron chi connectivity index (χ3n) is 3.49. The van der Waals surface area contributed by atoms with Crippen molar-refractivity contribution >= 4 is 33.6 Å². The molecule has 0 amide bonds. The SMILES string of the molecule is COCN(c1cc(C)cnc1C=O)S(=O)(=O)c1ccc(Cl)c(C(F)(F)F)c1. The zero-order chi connectivity index (χ0) is 20.4. The van der Waals surface area contributed by atoms with Crippen molar-refractivity contribution in [2.45, 2.75) is 18.0 Å². The summed E-state index contributed by atoms with van der Waals surface area (Å²) >= 11 is 5.55. The van der Waals surface area contributed by atoms with Crippen LogP contribution in [0.2, 0.25) is 5.02 Å². The number of anilines is 1. The van der Waals surface area contributed by atoms with E-state index in [2.05, 4.69) is 4.98 Å². The highest BCUT2D eigenvalue weighted by atomic mass is 35.5. The highest BCUT2D eigenvalue weighted by Gasteiger charge is 2.36. The minimum Gasteiger partial charge on any atom is -0.363 e. The molecule has 2 rings (SSSR count). The number of hydrogen-bond donors (Lipinski definition) is 0. The van der Waals surface area contributed by atoms with Gasteiger partial charge in [-0.1, -0.05) is 11.6 Å². The minimum atomic E-state index is -4.84. The van der Waals surface area contributed by atoms with Gasteiger partial charge in [-0.2, -0.15) is 13.2 Å². The quantitative estimate of drug-likeness (QED) is 0.524. The van der Waals surface area contributed by atoms with E-state index >= 15 is 0 Å². The number of carbonyl (C=O) groups excluding carboxylic acids is 1. The number of aromatic nitrogens is 1. The van der Waals surface area contributed by atoms with Gasteiger partial charge in [0.05, 0.1) is 21.2 Å². The maximum absolute atomic E-state index is 13.1. The van der Waals surface area contributed by atoms with Crippen molar-refractivity contribution in [2.75, 3.05) is 18.1 Å². The van der Waals surface area contributed by atoms with Crippen LogP contribution in [0.15, 0.2) is 35.4 Å². The van der Waals surface area contributed by atoms with E-state index in [4.69, 9.17) is 16.3 Å². The predicted molar refractivity (Wildman–Crippen MR) is 92.4 cm³/mol. The Hall–Kier alpha value is -2.17. The lowest BCUT2D eigenvalue weighted by Crippen LogP contribution is -2.34. The van der Waals surface area contributed by atoms with Gasteiger partial charge in [0, 0.05) is 13.3 Å². The van der Waals surface area contributed by atoms with E-state index in [1.54, 1.807) is 6.92 Å². The van der Waals surface area contributed by atoms with Gasteiger partial charge in [0.2, 0.25) is 0 Å². The van der Waals surface area contributed by atoms with Crippen LogP contribution < -0.4 is 4.31 Å². The molecule has 0 aliphatic heterocycles. The summed E-state index contributed by atoms with van der Waals surface area (Å²) in [6.07, 6.45) is -3.14. The van der Waals surface area contributed by atoms with Gasteiger partial charge in [0.25, 0.3) is 10.0 Å². The summed E-state index contributed by atoms with van der Waals surface area (Å²) in [7, 11) is -3.31. The number of nitrogens with zero attached hydrogens (tertiary/aromatic N) is 2. The summed E-state index contributed by atoms with van der Waals surface area (Å²) in [5, 5.41) is -0.634. The van der Waals surface area contributed by atoms with Gasteiger partial charge in [-0.25, -0.2) is 12.7 Å². The molecule has 0 aliphatic rings. The highest BCUT2D eigenvalue weighted by molar-refractivity contribution is 7.92. The Balaban J connectivity index is 2.68. The van der Waals surface area contributed by atoms with E-state index in [9.17, 15) is 26.4 Å². The van der Waals surface area contributed by atoms with Crippen LogP contribution >= 0.6 is 11.6 Å². The molecule has 0 aliphatic carbocycles. The van der Waals surface area contributed by atoms with Gasteiger partial charge in [-0.15, -0.1) is 0 Å². The van der Waals surface area contributed by atoms with Crippen molar-refractivity contribution in [1.29, 1.82) is 0 Å². The fourth-order valence-electron chi connectivity index (χ4n) is 2.25. The molecule has 0 saturated carbocycles. The molecule has 1 aromatic heterocycles. The van der Waals surface area contributed by atoms with Gasteiger partial charge < -0.3 is 4.74 Å². The number of benzene rings is 1. The third kappa shape index (κ3) is 4.40. The first-order valence-electron chi connectivity index (χ1n) is 7.32. The van der Waals surface area contributed by atoms with Gasteiger partial charge in [0.1, 0.15) is 12.4 Å². The normalized spacial score (nSPS) is 12.1. The molecule has 1 heterocycles. The average Bonchev–Trinajstić information content (AvgIpc) is 2.58. The van der Waals surface area contributed by atoms with E-state index in [-0.39, 0.29) is 11.4 Å². The second kappa shape index (κ2) is 7.83. The summed E-state index contributed by atoms with van der Waals surface area (Å²) < 4.78 is 70.8. The van der Waals surface area contributed by atoms with Crippen LogP contribution in [0.1, 0.15) is 21.6 Å². The van der Waals surface area contributed by atoms with Crippen molar-refractivity contribution in [1.82, 2.24) is 4.98 Å². The molecule has 11 heteroatoms. The van der Waals surface area contributed by atoms with Crippen molar-refractivity contribution in [3.05, 3.63) is 52.3 Å². The molecule has 1 aromatic carbocycles. The first-order chi connectivity index (χ1) is 12.5. The molecular weight excluding hydrogens is 409 g/mol. The number of aryl methyl sites for hydroxylation is 1. The second-order valence-corrected chi connectivity index (χ2v) is 7.72. The van der Waals surface area contributed by atoms with Gasteiger partial charge in [-0.3, -0.25) is 9.78 Å². The first kappa shape index (κ1) is 21.1. The number of aldehydes is 1. The van der Waals surface area contributed by atoms with E-state index in [0.29, 0.717) is 22.2 Å². The number of alkyl halides is 3. The summed E-state index contributed by atoms with van der Waals surface area (Å²) in [5.74, 6) is 0. The van der Waals surface area contributed by atoms with Gasteiger partial charge in [0.15, 0.2) is 6.29 Å². The topological polar surface area (TPSA) is 76.6 Å². The van der Waals surface area contributed by atoms with Gasteiger partial charge in [-0.05, 0) is 36.8 Å². The van der Waals surface area contributed by atoms with Crippen LogP contribution in [0.25, 0.3) is 0 Å². The van der Waals surface area contributed by atoms with E-state index < -0.39 is 38.4 Å². The average molecular weight is 423 g/mol. The first-order valence-corrected chi connectivity index (χ1v) is 9.14. The smallest absolute Gasteiger partial charge is 0.363 e. The number of ether oxygens (including phenoxy) is 1. The molecule has 0 saturated heterocycles. The molecule has 0 spiro atoms. The third-order valence-corrected chi connectivity index (χ3v) is 5.55. The van der Waals surface area contributed by atoms with Crippen LogP contribution in [0, 0.1) is 6.92 Å². The maximum atomic E-state index is 13.1. The minimum absolute atomic E-state index is 0.115. The molecular formula is C16H14ClF3N2O4S. The number of halogens is 4. The second-order valence-electron chi connectivity index (χ2n) is 5.45. The number of methoxy groups -OCH3 is 1. The van der Waals surface area contributed by atoms with E-state index in [0.717, 1.165) is 12.1 Å². The Morgan fingerprint density at radius 2 is 1.96 bits per heavy atom. The Morgan fingerprint density at radius 1 is 1.30 bits per heavy atom. The van der Waals surface area contributed by atoms with Crippen molar-refractivity contribution in [3.63, 3.8) is 0 Å². The lowest BCUT2D eigenvalue weighted by atomic mass is 10.2. The van der Waals surface area contributed by atoms with Gasteiger partial charge >= 0.3 is 6.18 Å². The van der Waals surface area contributed by atoms with Crippen LogP contribution in [0.4, 0.5) is 18.9 Å². The number of carbonyl (C=O) groups is 1. The molecule has 2 aromatic rings. The van der Waals surface area contributed by atoms with Crippen molar-refractivity contribution < 1.29 is 31.1 Å². The van der Waals surface area contributed by atoms with Crippen LogP contribution in [-0.4, -0.2) is 33.5 Å². The highest BCUT2D eigenvalue weighted by Crippen LogP contribution is 2.37. The predicted octanol–water partition coefficient (Wildman–Crippen LogP) is 3.67. The number of rotatable bonds is 6. The lowest BCUT2D eigenvalue weighted by Gasteiger charge is -2.25. The zero-order valence-electron chi connectivity index (χ0n) is 14.1. The molecule has 0 atom stereocenters. The van der Waals surface area contributed by atoms with E-state index in [1.165, 1.54) is 19.4 Å². The maximum Gasteiger partial charge on any atom is 0.417 e. The van der Waals surface area contributed by atoms with E-state index in [1.807, 2.05) is 0 Å². The molecule has 0 fully saturated rings. The molecule has 0 bridgehead atoms. The molecule has 0 unspecified atom stereocenters. The van der Waals surface area contributed by atoms with Crippen molar-refractivity contribution in [3.8, 4) is 0 Å². The largest absolute Gasteiger partial charge is 0.417 e. The summed E-state index contributed by atoms with van der Waals surface area (Å²) in [6.45, 7) is 1.07. The summed E-state index contributed by atoms with van der Waals surface area (Å²) in [4.78, 5) is 14.4. The monoisotopic (exact) mass is 422 g/mol. The van der Waals surface area contributed by atoms with Crippen molar-refractivity contribution in [2.24, 2.45) is 0 Å². The number of sulfonamides is 1. The number of pyridine rings is 1. The summed E-state index contributed by atoms with van der Waals surface area (Å²) in [6, 6.07) is 3.59. The Bertz CT molecular complexity index is 965. The molecule has 27 heavy (non-hydrogen) atoms. The Labute approximate surface area is 158 Å². The Kier molecular flexibility index (Phi) is 6.13. The molecule has 146 valence electrons. The fraction of sp³-hybridized carbons (Fsp3) is 0.250. The molecule has 0 N–H and O–H groups in total. The van der Waals surface area contributed by atoms with Crippen LogP contribution in [-0.2, 0) is 20.9 Å². The zero-order valence-corrected chi connectivity index (χ0v) is 15.7. The Morgan fingerprint density at radius 3 is 2.52 bits per heavy atom. The van der Waals surface area contributed by atoms with Crippen LogP contribution in [0.3, 0.4) is 0 Å². The lowest BCUT2D eigenvalue weighted by molar-refractivity contribution is -0.137. The van der Waals surface area contributed by atoms with Crippen LogP contribution in [0.5, 0.6) is 0 Å². The molecule has 6 nitrogen and oxygen atoms in total. The number of hydrogen-bond acceptors (Lipinski definition) is 5. The standard InChI is InChI=1S/C16H14ClF3N2O4S/c1-10-5-15(14(8-23)21-7-10)22(9-26-2)27(24,25)11-3-4-13(17)12(6-11)16(18,19)20/h3-8H,9H2,1-2H3. The fourth-order valence-corrected chi connectivity index (χ4v) is 3.89.